The fourth-order valence-corrected chi connectivity index (χ4v) is 4.52. The van der Waals surface area contributed by atoms with Crippen LogP contribution in [-0.2, 0) is 19.7 Å². The number of rotatable bonds is 7. The van der Waals surface area contributed by atoms with Crippen molar-refractivity contribution in [3.63, 3.8) is 0 Å². The van der Waals surface area contributed by atoms with Gasteiger partial charge in [-0.15, -0.1) is 0 Å². The maximum absolute atomic E-state index is 15.3. The van der Waals surface area contributed by atoms with Crippen LogP contribution in [0, 0.1) is 5.82 Å². The number of carbonyl (C=O) groups excluding carboxylic acids is 2. The molecule has 0 radical (unpaired) electrons. The van der Waals surface area contributed by atoms with Crippen LogP contribution in [0.4, 0.5) is 30.7 Å². The van der Waals surface area contributed by atoms with Crippen molar-refractivity contribution >= 4 is 32.7 Å². The lowest BCUT2D eigenvalue weighted by Crippen LogP contribution is -2.53. The third-order valence-electron chi connectivity index (χ3n) is 6.27. The van der Waals surface area contributed by atoms with Gasteiger partial charge in [0.25, 0.3) is 0 Å². The molecule has 1 saturated carbocycles. The van der Waals surface area contributed by atoms with Crippen LogP contribution in [0.2, 0.25) is 0 Å². The lowest BCUT2D eigenvalue weighted by Gasteiger charge is -2.22. The summed E-state index contributed by atoms with van der Waals surface area (Å²) in [5.74, 6) is -4.92. The molecule has 1 fully saturated rings. The Bertz CT molecular complexity index is 1600. The molecule has 15 heteroatoms. The second-order valence-electron chi connectivity index (χ2n) is 9.11. The molecule has 0 saturated heterocycles. The molecule has 0 aromatic heterocycles. The smallest absolute Gasteiger partial charge is 0.375 e. The molecule has 0 spiro atoms. The van der Waals surface area contributed by atoms with Gasteiger partial charge in [0.2, 0.25) is 5.91 Å². The Morgan fingerprint density at radius 2 is 1.62 bits per heavy atom. The Morgan fingerprint density at radius 1 is 0.975 bits per heavy atom. The molecule has 0 unspecified atom stereocenters. The number of nitrogens with one attached hydrogen (secondary N) is 2. The zero-order valence-electron chi connectivity index (χ0n) is 20.3. The van der Waals surface area contributed by atoms with Crippen molar-refractivity contribution < 1.29 is 52.9 Å². The molecule has 1 atom stereocenters. The average Bonchev–Trinajstić information content (AvgIpc) is 3.63. The fourth-order valence-electron chi connectivity index (χ4n) is 4.05. The zero-order chi connectivity index (χ0) is 29.7. The van der Waals surface area contributed by atoms with Crippen molar-refractivity contribution in [2.24, 2.45) is 0 Å². The molecule has 1 aliphatic carbocycles. The van der Waals surface area contributed by atoms with Gasteiger partial charge >= 0.3 is 27.7 Å². The van der Waals surface area contributed by atoms with Crippen LogP contribution in [0.15, 0.2) is 54.6 Å². The van der Waals surface area contributed by atoms with Crippen molar-refractivity contribution in [2.45, 2.75) is 43.0 Å². The van der Waals surface area contributed by atoms with E-state index in [0.29, 0.717) is 5.39 Å². The number of alkyl halides is 6. The number of fused-ring (bicyclic) bond motifs is 1. The molecule has 7 nitrogen and oxygen atoms in total. The van der Waals surface area contributed by atoms with E-state index in [2.05, 4.69) is 9.50 Å². The molecule has 4 rings (SSSR count). The zero-order valence-corrected chi connectivity index (χ0v) is 21.1. The van der Waals surface area contributed by atoms with Gasteiger partial charge in [-0.3, -0.25) is 9.59 Å². The van der Waals surface area contributed by atoms with Crippen LogP contribution in [0.1, 0.15) is 31.4 Å². The largest absolute Gasteiger partial charge is 0.534 e. The van der Waals surface area contributed by atoms with Gasteiger partial charge in [0.1, 0.15) is 11.4 Å². The second-order valence-corrected chi connectivity index (χ2v) is 10.6. The van der Waals surface area contributed by atoms with E-state index in [-0.39, 0.29) is 34.9 Å². The molecule has 3 aromatic rings. The quantitative estimate of drug-likeness (QED) is 0.222. The lowest BCUT2D eigenvalue weighted by atomic mass is 9.95. The highest BCUT2D eigenvalue weighted by Crippen LogP contribution is 2.41. The van der Waals surface area contributed by atoms with Gasteiger partial charge in [0.15, 0.2) is 5.75 Å². The molecular weight excluding hydrogens is 573 g/mol. The van der Waals surface area contributed by atoms with Crippen LogP contribution < -0.4 is 14.8 Å². The Labute approximate surface area is 222 Å². The summed E-state index contributed by atoms with van der Waals surface area (Å²) >= 11 is 0. The number of benzene rings is 3. The van der Waals surface area contributed by atoms with Gasteiger partial charge in [-0.05, 0) is 48.2 Å². The van der Waals surface area contributed by atoms with E-state index < -0.39 is 56.8 Å². The standard InChI is InChI=1S/C25H19F7N2O5S/c1-13(33-21(35)23(10-11-23)34-22(36)24(27,28)29)16-8-6-15(12-18(16)26)20-17-5-3-2-4-14(17)7-9-19(20)39-40(37,38)25(30,31)32/h2-9,12-13H,10-11H2,1H3,(H,33,35)(H,34,36)/t13-/m1/s1. The molecule has 0 bridgehead atoms. The predicted molar refractivity (Wildman–Crippen MR) is 128 cm³/mol. The Kier molecular flexibility index (Phi) is 7.24. The molecular formula is C25H19F7N2O5S. The molecule has 0 heterocycles. The van der Waals surface area contributed by atoms with E-state index in [0.717, 1.165) is 12.1 Å². The van der Waals surface area contributed by atoms with Gasteiger partial charge in [0.05, 0.1) is 6.04 Å². The van der Waals surface area contributed by atoms with E-state index in [1.54, 1.807) is 17.4 Å². The number of carbonyl (C=O) groups is 2. The summed E-state index contributed by atoms with van der Waals surface area (Å²) in [4.78, 5) is 23.9. The summed E-state index contributed by atoms with van der Waals surface area (Å²) in [7, 11) is -6.06. The third-order valence-corrected chi connectivity index (χ3v) is 7.24. The van der Waals surface area contributed by atoms with Crippen LogP contribution in [0.25, 0.3) is 21.9 Å². The number of hydrogen-bond acceptors (Lipinski definition) is 5. The minimum atomic E-state index is -6.06. The minimum Gasteiger partial charge on any atom is -0.375 e. The first-order chi connectivity index (χ1) is 18.4. The molecule has 2 N–H and O–H groups in total. The predicted octanol–water partition coefficient (Wildman–Crippen LogP) is 5.26. The maximum Gasteiger partial charge on any atom is 0.534 e. The molecule has 2 amide bonds. The fraction of sp³-hybridized carbons (Fsp3) is 0.280. The summed E-state index contributed by atoms with van der Waals surface area (Å²) in [6, 6.07) is 10.8. The molecule has 214 valence electrons. The van der Waals surface area contributed by atoms with Crippen LogP contribution in [0.3, 0.4) is 0 Å². The van der Waals surface area contributed by atoms with Gasteiger partial charge in [-0.1, -0.05) is 42.5 Å². The Balaban J connectivity index is 1.65. The molecule has 0 aliphatic heterocycles. The van der Waals surface area contributed by atoms with Gasteiger partial charge in [0, 0.05) is 11.1 Å². The van der Waals surface area contributed by atoms with Crippen molar-refractivity contribution in [3.8, 4) is 16.9 Å². The lowest BCUT2D eigenvalue weighted by molar-refractivity contribution is -0.175. The SMILES string of the molecule is C[C@@H](NC(=O)C1(NC(=O)C(F)(F)F)CC1)c1ccc(-c2c(OS(=O)(=O)C(F)(F)F)ccc3ccccc23)cc1F. The summed E-state index contributed by atoms with van der Waals surface area (Å²) in [5, 5.41) is 4.74. The van der Waals surface area contributed by atoms with Crippen molar-refractivity contribution in [2.75, 3.05) is 0 Å². The molecule has 3 aromatic carbocycles. The van der Waals surface area contributed by atoms with E-state index in [4.69, 9.17) is 0 Å². The number of amides is 2. The highest BCUT2D eigenvalue weighted by molar-refractivity contribution is 7.88. The van der Waals surface area contributed by atoms with Crippen molar-refractivity contribution in [3.05, 3.63) is 66.0 Å². The van der Waals surface area contributed by atoms with E-state index in [9.17, 15) is 44.3 Å². The van der Waals surface area contributed by atoms with Crippen LogP contribution in [-0.4, -0.2) is 37.5 Å². The topological polar surface area (TPSA) is 102 Å². The normalized spacial score (nSPS) is 15.8. The van der Waals surface area contributed by atoms with E-state index in [1.807, 2.05) is 0 Å². The third kappa shape index (κ3) is 5.69. The highest BCUT2D eigenvalue weighted by Gasteiger charge is 2.55. The van der Waals surface area contributed by atoms with Crippen LogP contribution in [0.5, 0.6) is 5.75 Å². The molecule has 40 heavy (non-hydrogen) atoms. The first-order valence-electron chi connectivity index (χ1n) is 11.5. The van der Waals surface area contributed by atoms with Gasteiger partial charge in [-0.2, -0.15) is 34.8 Å². The van der Waals surface area contributed by atoms with E-state index in [1.165, 1.54) is 37.3 Å². The number of halogens is 7. The average molecular weight is 592 g/mol. The summed E-state index contributed by atoms with van der Waals surface area (Å²) in [5.41, 5.74) is -7.85. The van der Waals surface area contributed by atoms with Gasteiger partial charge in [-0.25, -0.2) is 4.39 Å². The summed E-state index contributed by atoms with van der Waals surface area (Å²) < 4.78 is 120. The monoisotopic (exact) mass is 592 g/mol. The van der Waals surface area contributed by atoms with Gasteiger partial charge < -0.3 is 14.8 Å². The number of hydrogen-bond donors (Lipinski definition) is 2. The summed E-state index contributed by atoms with van der Waals surface area (Å²) in [6.07, 6.45) is -5.31. The maximum atomic E-state index is 15.3. The minimum absolute atomic E-state index is 0.0555. The molecule has 1 aliphatic rings. The van der Waals surface area contributed by atoms with Crippen molar-refractivity contribution in [1.29, 1.82) is 0 Å². The first-order valence-corrected chi connectivity index (χ1v) is 12.9. The summed E-state index contributed by atoms with van der Waals surface area (Å²) in [6.45, 7) is 1.33. The first kappa shape index (κ1) is 29.1. The van der Waals surface area contributed by atoms with E-state index >= 15 is 4.39 Å². The second kappa shape index (κ2) is 9.94. The van der Waals surface area contributed by atoms with Crippen LogP contribution >= 0.6 is 0 Å². The Morgan fingerprint density at radius 3 is 2.20 bits per heavy atom. The highest BCUT2D eigenvalue weighted by atomic mass is 32.2. The Hall–Kier alpha value is -3.88. The van der Waals surface area contributed by atoms with Crippen molar-refractivity contribution in [1.82, 2.24) is 10.6 Å².